The van der Waals surface area contributed by atoms with Gasteiger partial charge in [-0.25, -0.2) is 8.78 Å². The maximum Gasteiger partial charge on any atom is 0.319 e. The fourth-order valence-electron chi connectivity index (χ4n) is 10.2. The van der Waals surface area contributed by atoms with Gasteiger partial charge in [0.25, 0.3) is 0 Å². The van der Waals surface area contributed by atoms with Crippen LogP contribution >= 0.6 is 0 Å². The zero-order chi connectivity index (χ0) is 35.9. The van der Waals surface area contributed by atoms with E-state index >= 15 is 8.78 Å². The van der Waals surface area contributed by atoms with E-state index < -0.39 is 5.82 Å². The zero-order valence-electron chi connectivity index (χ0n) is 30.5. The number of fused-ring (bicyclic) bond motifs is 3. The van der Waals surface area contributed by atoms with Crippen molar-refractivity contribution in [3.63, 3.8) is 0 Å². The van der Waals surface area contributed by atoms with Crippen molar-refractivity contribution in [1.29, 1.82) is 0 Å². The second kappa shape index (κ2) is 14.7. The summed E-state index contributed by atoms with van der Waals surface area (Å²) < 4.78 is 50.2. The van der Waals surface area contributed by atoms with Crippen LogP contribution in [0.15, 0.2) is 36.5 Å². The van der Waals surface area contributed by atoms with E-state index in [2.05, 4.69) is 14.8 Å². The summed E-state index contributed by atoms with van der Waals surface area (Å²) in [6.45, 7) is 8.01. The molecule has 1 N–H and O–H groups in total. The van der Waals surface area contributed by atoms with Gasteiger partial charge in [-0.3, -0.25) is 9.88 Å². The van der Waals surface area contributed by atoms with Gasteiger partial charge < -0.3 is 24.2 Å². The van der Waals surface area contributed by atoms with E-state index in [9.17, 15) is 0 Å². The highest BCUT2D eigenvalue weighted by Gasteiger charge is 2.55. The number of aliphatic hydroxyl groups is 1. The second-order valence-corrected chi connectivity index (χ2v) is 15.5. The number of piperidine rings is 1. The minimum Gasteiger partial charge on any atom is -0.463 e. The molecule has 2 aromatic heterocycles. The molecule has 3 saturated heterocycles. The lowest BCUT2D eigenvalue weighted by atomic mass is 9.63. The highest BCUT2D eigenvalue weighted by Crippen LogP contribution is 2.55. The topological polar surface area (TPSA) is 93.1 Å². The van der Waals surface area contributed by atoms with Gasteiger partial charge in [0.2, 0.25) is 0 Å². The van der Waals surface area contributed by atoms with Gasteiger partial charge >= 0.3 is 6.01 Å². The molecule has 5 fully saturated rings. The lowest BCUT2D eigenvalue weighted by Gasteiger charge is -2.56. The van der Waals surface area contributed by atoms with E-state index in [1.165, 1.54) is 38.2 Å². The number of rotatable bonds is 7. The fraction of sp³-hybridized carbons (Fsp3) is 0.585. The summed E-state index contributed by atoms with van der Waals surface area (Å²) in [5.41, 5.74) is 1.88. The minimum absolute atomic E-state index is 0.0354. The predicted molar refractivity (Wildman–Crippen MR) is 198 cm³/mol. The smallest absolute Gasteiger partial charge is 0.319 e. The van der Waals surface area contributed by atoms with Gasteiger partial charge in [-0.15, -0.1) is 0 Å². The van der Waals surface area contributed by atoms with E-state index in [1.54, 1.807) is 12.3 Å². The van der Waals surface area contributed by atoms with Crippen LogP contribution < -0.4 is 9.64 Å². The van der Waals surface area contributed by atoms with Crippen molar-refractivity contribution < 1.29 is 28.1 Å². The highest BCUT2D eigenvalue weighted by molar-refractivity contribution is 6.00. The molecule has 9 nitrogen and oxygen atoms in total. The quantitative estimate of drug-likeness (QED) is 0.215. The van der Waals surface area contributed by atoms with E-state index in [1.807, 2.05) is 25.1 Å². The van der Waals surface area contributed by atoms with Crippen LogP contribution in [-0.4, -0.2) is 96.8 Å². The van der Waals surface area contributed by atoms with Crippen molar-refractivity contribution in [3.05, 3.63) is 53.7 Å². The summed E-state index contributed by atoms with van der Waals surface area (Å²) in [6.07, 6.45) is 12.5. The number of pyridine rings is 1. The Hall–Kier alpha value is -3.51. The lowest BCUT2D eigenvalue weighted by molar-refractivity contribution is -0.0813. The molecule has 1 spiro atoms. The third-order valence-corrected chi connectivity index (χ3v) is 12.7. The summed E-state index contributed by atoms with van der Waals surface area (Å²) in [5, 5.41) is 9.07. The van der Waals surface area contributed by atoms with Gasteiger partial charge in [0.05, 0.1) is 25.2 Å². The van der Waals surface area contributed by atoms with Crippen LogP contribution in [0.3, 0.4) is 0 Å². The molecule has 0 radical (unpaired) electrons. The maximum absolute atomic E-state index is 17.0. The number of likely N-dealkylation sites (tertiary alicyclic amines) is 1. The molecular formula is C41H51F2N5O4. The number of hydrogen-bond acceptors (Lipinski definition) is 9. The Labute approximate surface area is 304 Å². The van der Waals surface area contributed by atoms with Gasteiger partial charge in [-0.05, 0) is 92.1 Å². The number of ether oxygens (including phenoxy) is 3. The largest absolute Gasteiger partial charge is 0.463 e. The SMILES string of the molecule is CCc1c(F)ccc2cccc(-c3ncc4c(N5CCCOCC5)nc(OCC56CCCC5N(C5CC7(CCOC7)C5)CCC6)nc4c3F)c12.CO. The number of halogens is 2. The molecule has 2 aromatic carbocycles. The van der Waals surface area contributed by atoms with Gasteiger partial charge in [0, 0.05) is 62.7 Å². The molecule has 3 aliphatic heterocycles. The molecule has 2 atom stereocenters. The van der Waals surface area contributed by atoms with Gasteiger partial charge in [-0.1, -0.05) is 37.6 Å². The van der Waals surface area contributed by atoms with Crippen molar-refractivity contribution >= 4 is 27.5 Å². The number of aryl methyl sites for hydroxylation is 1. The van der Waals surface area contributed by atoms with Crippen LogP contribution in [0.5, 0.6) is 6.01 Å². The van der Waals surface area contributed by atoms with E-state index in [0.717, 1.165) is 64.5 Å². The maximum atomic E-state index is 17.0. The molecule has 4 aromatic rings. The van der Waals surface area contributed by atoms with Crippen LogP contribution in [-0.2, 0) is 15.9 Å². The number of hydrogen-bond donors (Lipinski definition) is 1. The molecule has 52 heavy (non-hydrogen) atoms. The monoisotopic (exact) mass is 715 g/mol. The summed E-state index contributed by atoms with van der Waals surface area (Å²) in [7, 11) is 1.00. The van der Waals surface area contributed by atoms with Crippen LogP contribution in [0.1, 0.15) is 70.3 Å². The van der Waals surface area contributed by atoms with E-state index in [0.29, 0.717) is 78.0 Å². The van der Waals surface area contributed by atoms with E-state index in [-0.39, 0.29) is 28.5 Å². The summed E-state index contributed by atoms with van der Waals surface area (Å²) in [6, 6.07) is 10.2. The average molecular weight is 716 g/mol. The zero-order valence-corrected chi connectivity index (χ0v) is 30.5. The van der Waals surface area contributed by atoms with Crippen molar-refractivity contribution in [1.82, 2.24) is 19.9 Å². The highest BCUT2D eigenvalue weighted by atomic mass is 19.1. The third kappa shape index (κ3) is 6.21. The Morgan fingerprint density at radius 3 is 2.63 bits per heavy atom. The first-order valence-electron chi connectivity index (χ1n) is 19.3. The van der Waals surface area contributed by atoms with Gasteiger partial charge in [-0.2, -0.15) is 9.97 Å². The normalized spacial score (nSPS) is 27.7. The average Bonchev–Trinajstić information content (AvgIpc) is 3.75. The molecule has 2 unspecified atom stereocenters. The van der Waals surface area contributed by atoms with E-state index in [4.69, 9.17) is 29.3 Å². The molecular weight excluding hydrogens is 664 g/mol. The Balaban J connectivity index is 0.00000190. The Kier molecular flexibility index (Phi) is 10.1. The predicted octanol–water partition coefficient (Wildman–Crippen LogP) is 7.10. The number of nitrogens with zero attached hydrogens (tertiary/aromatic N) is 5. The molecule has 0 amide bonds. The van der Waals surface area contributed by atoms with Crippen LogP contribution in [0.4, 0.5) is 14.6 Å². The number of aromatic nitrogens is 3. The molecule has 2 aliphatic carbocycles. The van der Waals surface area contributed by atoms with Gasteiger partial charge in [0.1, 0.15) is 22.8 Å². The Bertz CT molecular complexity index is 1910. The van der Waals surface area contributed by atoms with Crippen LogP contribution in [0.25, 0.3) is 32.9 Å². The minimum atomic E-state index is -0.545. The first-order chi connectivity index (χ1) is 25.5. The first-order valence-corrected chi connectivity index (χ1v) is 19.3. The Morgan fingerprint density at radius 1 is 0.942 bits per heavy atom. The van der Waals surface area contributed by atoms with Crippen molar-refractivity contribution in [2.24, 2.45) is 10.8 Å². The molecule has 5 aliphatic rings. The Morgan fingerprint density at radius 2 is 1.81 bits per heavy atom. The molecule has 5 heterocycles. The molecule has 0 bridgehead atoms. The van der Waals surface area contributed by atoms with Crippen molar-refractivity contribution in [3.8, 4) is 17.3 Å². The van der Waals surface area contributed by atoms with Crippen molar-refractivity contribution in [2.45, 2.75) is 83.2 Å². The summed E-state index contributed by atoms with van der Waals surface area (Å²) in [5.74, 6) is -0.222. The molecule has 278 valence electrons. The summed E-state index contributed by atoms with van der Waals surface area (Å²) >= 11 is 0. The number of anilines is 1. The molecule has 2 saturated carbocycles. The van der Waals surface area contributed by atoms with Crippen LogP contribution in [0, 0.1) is 22.5 Å². The number of benzene rings is 2. The lowest BCUT2D eigenvalue weighted by Crippen LogP contribution is -2.60. The number of aliphatic hydroxyl groups excluding tert-OH is 1. The first kappa shape index (κ1) is 35.5. The molecule has 11 heteroatoms. The van der Waals surface area contributed by atoms with Crippen molar-refractivity contribution in [2.75, 3.05) is 64.7 Å². The second-order valence-electron chi connectivity index (χ2n) is 15.5. The van der Waals surface area contributed by atoms with Gasteiger partial charge in [0.15, 0.2) is 5.82 Å². The molecule has 9 rings (SSSR count). The standard InChI is InChI=1S/C40H47F2N5O3.CH4O/c1-2-28-31(41)11-10-26-7-3-8-29(33(26)28)35-34(42)36-30(23-43-35)37(46-15-6-18-48-20-17-46)45-38(44-36)50-25-40-12-4-9-32(40)47(16-5-13-40)27-21-39(22-27)14-19-49-24-39;1-2/h3,7-8,10-11,23,27,32H,2,4-6,9,12-22,24-25H2,1H3;2H,1H3. The van der Waals surface area contributed by atoms with Crippen LogP contribution in [0.2, 0.25) is 0 Å². The third-order valence-electron chi connectivity index (χ3n) is 12.7. The fourth-order valence-corrected chi connectivity index (χ4v) is 10.2. The summed E-state index contributed by atoms with van der Waals surface area (Å²) in [4.78, 5) is 19.4.